The molecule has 2 radical (unpaired) electrons. The molecule has 0 aliphatic rings. The molecule has 1 aromatic rings. The van der Waals surface area contributed by atoms with E-state index in [0.29, 0.717) is 5.92 Å². The molecule has 0 unspecified atom stereocenters. The van der Waals surface area contributed by atoms with Crippen LogP contribution in [0.4, 0.5) is 0 Å². The van der Waals surface area contributed by atoms with Gasteiger partial charge in [0.15, 0.2) is 0 Å². The molecular weight excluding hydrogens is 241 g/mol. The Morgan fingerprint density at radius 3 is 2.64 bits per heavy atom. The molecule has 0 amide bonds. The van der Waals surface area contributed by atoms with E-state index in [1.165, 1.54) is 9.27 Å². The molecule has 2 heteroatoms. The standard InChI is InChI=1S/C8H10N.CH3.Sn/c1-7(2)8-4-3-5-9-6-8;;/h3-5,7H,1-2H3;1H3;. The van der Waals surface area contributed by atoms with Crippen LogP contribution in [0.1, 0.15) is 25.3 Å². The van der Waals surface area contributed by atoms with E-state index in [1.54, 1.807) is 0 Å². The maximum absolute atomic E-state index is 4.39. The first kappa shape index (κ1) is 9.04. The van der Waals surface area contributed by atoms with Crippen molar-refractivity contribution in [3.8, 4) is 0 Å². The predicted octanol–water partition coefficient (Wildman–Crippen LogP) is 1.58. The molecule has 0 aliphatic heterocycles. The molecule has 0 saturated heterocycles. The Hall–Kier alpha value is -0.0513. The predicted molar refractivity (Wildman–Crippen MR) is 49.6 cm³/mol. The summed E-state index contributed by atoms with van der Waals surface area (Å²) in [4.78, 5) is 6.71. The summed E-state index contributed by atoms with van der Waals surface area (Å²) in [6.07, 6.45) is 1.91. The molecule has 11 heavy (non-hydrogen) atoms. The van der Waals surface area contributed by atoms with Crippen LogP contribution >= 0.6 is 0 Å². The van der Waals surface area contributed by atoms with Gasteiger partial charge < -0.3 is 0 Å². The van der Waals surface area contributed by atoms with Crippen molar-refractivity contribution >= 4 is 24.9 Å². The molecule has 1 nitrogen and oxygen atoms in total. The Morgan fingerprint density at radius 2 is 2.18 bits per heavy atom. The maximum atomic E-state index is 4.39. The average Bonchev–Trinajstić information content (AvgIpc) is 2.04. The van der Waals surface area contributed by atoms with Gasteiger partial charge in [0.05, 0.1) is 0 Å². The van der Waals surface area contributed by atoms with Gasteiger partial charge in [-0.3, -0.25) is 0 Å². The normalized spacial score (nSPS) is 10.5. The molecule has 1 heterocycles. The Bertz CT molecular complexity index is 233. The molecule has 0 fully saturated rings. The van der Waals surface area contributed by atoms with E-state index in [2.05, 4.69) is 29.8 Å². The van der Waals surface area contributed by atoms with Crippen molar-refractivity contribution in [2.45, 2.75) is 24.7 Å². The zero-order chi connectivity index (χ0) is 8.27. The van der Waals surface area contributed by atoms with Crippen LogP contribution in [-0.4, -0.2) is 26.1 Å². The third kappa shape index (κ3) is 2.19. The van der Waals surface area contributed by atoms with E-state index in [0.717, 1.165) is 0 Å². The Balaban J connectivity index is 3.02. The summed E-state index contributed by atoms with van der Waals surface area (Å²) in [6, 6.07) is 4.24. The summed E-state index contributed by atoms with van der Waals surface area (Å²) < 4.78 is 1.41. The van der Waals surface area contributed by atoms with Crippen LogP contribution in [-0.2, 0) is 0 Å². The van der Waals surface area contributed by atoms with Crippen molar-refractivity contribution in [1.29, 1.82) is 0 Å². The zero-order valence-corrected chi connectivity index (χ0v) is 10.1. The fraction of sp³-hybridized carbons (Fsp3) is 0.444. The van der Waals surface area contributed by atoms with Crippen LogP contribution in [0.5, 0.6) is 0 Å². The fourth-order valence-corrected chi connectivity index (χ4v) is 3.56. The van der Waals surface area contributed by atoms with Gasteiger partial charge in [0.25, 0.3) is 0 Å². The second kappa shape index (κ2) is 4.09. The number of pyridine rings is 1. The first-order valence-corrected chi connectivity index (χ1v) is 8.16. The van der Waals surface area contributed by atoms with Gasteiger partial charge in [-0.25, -0.2) is 0 Å². The van der Waals surface area contributed by atoms with E-state index in [4.69, 9.17) is 0 Å². The minimum atomic E-state index is -0.344. The van der Waals surface area contributed by atoms with Crippen LogP contribution in [0.25, 0.3) is 0 Å². The summed E-state index contributed by atoms with van der Waals surface area (Å²) in [5.74, 6) is 0.638. The van der Waals surface area contributed by atoms with Gasteiger partial charge in [-0.2, -0.15) is 0 Å². The van der Waals surface area contributed by atoms with E-state index in [1.807, 2.05) is 12.3 Å². The van der Waals surface area contributed by atoms with Crippen LogP contribution in [0.3, 0.4) is 0 Å². The number of aromatic nitrogens is 1. The molecule has 1 rings (SSSR count). The summed E-state index contributed by atoms with van der Waals surface area (Å²) >= 11 is -0.344. The van der Waals surface area contributed by atoms with Crippen LogP contribution in [0.2, 0.25) is 4.94 Å². The van der Waals surface area contributed by atoms with Gasteiger partial charge in [-0.1, -0.05) is 0 Å². The third-order valence-electron chi connectivity index (χ3n) is 1.70. The summed E-state index contributed by atoms with van der Waals surface area (Å²) in [6.45, 7) is 4.46. The minimum absolute atomic E-state index is 0.344. The van der Waals surface area contributed by atoms with E-state index < -0.39 is 0 Å². The molecule has 0 spiro atoms. The van der Waals surface area contributed by atoms with Gasteiger partial charge in [0.1, 0.15) is 0 Å². The van der Waals surface area contributed by atoms with Gasteiger partial charge >= 0.3 is 78.4 Å². The number of rotatable bonds is 2. The van der Waals surface area contributed by atoms with Crippen molar-refractivity contribution < 1.29 is 0 Å². The summed E-state index contributed by atoms with van der Waals surface area (Å²) in [5.41, 5.74) is 1.46. The van der Waals surface area contributed by atoms with Crippen LogP contribution in [0.15, 0.2) is 18.3 Å². The Labute approximate surface area is 78.5 Å². The summed E-state index contributed by atoms with van der Waals surface area (Å²) in [7, 11) is 0. The van der Waals surface area contributed by atoms with E-state index >= 15 is 0 Å². The van der Waals surface area contributed by atoms with Crippen molar-refractivity contribution in [1.82, 2.24) is 4.98 Å². The zero-order valence-electron chi connectivity index (χ0n) is 7.26. The summed E-state index contributed by atoms with van der Waals surface area (Å²) in [5, 5.41) is 0. The molecule has 0 atom stereocenters. The molecule has 0 saturated carbocycles. The van der Waals surface area contributed by atoms with Crippen molar-refractivity contribution in [3.05, 3.63) is 23.9 Å². The Morgan fingerprint density at radius 1 is 1.45 bits per heavy atom. The SMILES string of the molecule is [CH3][Sn][c]1ncccc1C(C)C. The van der Waals surface area contributed by atoms with Crippen molar-refractivity contribution in [2.75, 3.05) is 0 Å². The van der Waals surface area contributed by atoms with Crippen LogP contribution in [0, 0.1) is 0 Å². The second-order valence-electron chi connectivity index (χ2n) is 2.85. The van der Waals surface area contributed by atoms with E-state index in [9.17, 15) is 0 Å². The van der Waals surface area contributed by atoms with Gasteiger partial charge in [0, 0.05) is 0 Å². The Kier molecular flexibility index (Phi) is 3.37. The fourth-order valence-electron chi connectivity index (χ4n) is 1.09. The van der Waals surface area contributed by atoms with Crippen molar-refractivity contribution in [3.63, 3.8) is 0 Å². The first-order chi connectivity index (χ1) is 5.25. The molecule has 0 N–H and O–H groups in total. The van der Waals surface area contributed by atoms with Crippen molar-refractivity contribution in [2.24, 2.45) is 0 Å². The first-order valence-electron chi connectivity index (χ1n) is 3.88. The van der Waals surface area contributed by atoms with Gasteiger partial charge in [0.2, 0.25) is 0 Å². The third-order valence-corrected chi connectivity index (χ3v) is 4.24. The van der Waals surface area contributed by atoms with Gasteiger partial charge in [-0.15, -0.1) is 0 Å². The molecule has 0 aliphatic carbocycles. The molecule has 58 valence electrons. The monoisotopic (exact) mass is 255 g/mol. The van der Waals surface area contributed by atoms with E-state index in [-0.39, 0.29) is 21.1 Å². The molecule has 1 aromatic heterocycles. The van der Waals surface area contributed by atoms with Gasteiger partial charge in [-0.05, 0) is 0 Å². The number of hydrogen-bond acceptors (Lipinski definition) is 1. The average molecular weight is 254 g/mol. The quantitative estimate of drug-likeness (QED) is 0.730. The molecular formula is C9H13NSn. The van der Waals surface area contributed by atoms with Crippen LogP contribution < -0.4 is 3.71 Å². The second-order valence-corrected chi connectivity index (χ2v) is 5.62. The molecule has 0 bridgehead atoms. The topological polar surface area (TPSA) is 12.9 Å². The number of nitrogens with zero attached hydrogens (tertiary/aromatic N) is 1. The molecule has 0 aromatic carbocycles. The number of hydrogen-bond donors (Lipinski definition) is 0.